The maximum absolute atomic E-state index is 12.4. The summed E-state index contributed by atoms with van der Waals surface area (Å²) in [7, 11) is 0. The first-order chi connectivity index (χ1) is 10.1. The number of nitrogens with zero attached hydrogens (tertiary/aromatic N) is 2. The minimum atomic E-state index is -0.968. The summed E-state index contributed by atoms with van der Waals surface area (Å²) in [6.07, 6.45) is 3.57. The van der Waals surface area contributed by atoms with E-state index in [0.29, 0.717) is 11.6 Å². The molecule has 0 spiro atoms. The van der Waals surface area contributed by atoms with Crippen molar-refractivity contribution in [1.29, 1.82) is 0 Å². The molecule has 2 aliphatic rings. The molecule has 2 fully saturated rings. The molecule has 0 saturated carbocycles. The van der Waals surface area contributed by atoms with E-state index in [-0.39, 0.29) is 11.5 Å². The van der Waals surface area contributed by atoms with Crippen LogP contribution in [0.1, 0.15) is 40.0 Å². The highest BCUT2D eigenvalue weighted by atomic mass is 16.4. The van der Waals surface area contributed by atoms with Gasteiger partial charge in [0.2, 0.25) is 0 Å². The third kappa shape index (κ3) is 2.93. The van der Waals surface area contributed by atoms with Crippen molar-refractivity contribution >= 4 is 11.9 Å². The Morgan fingerprint density at radius 3 is 2.24 bits per heavy atom. The van der Waals surface area contributed by atoms with Crippen molar-refractivity contribution in [2.45, 2.75) is 25.3 Å². The van der Waals surface area contributed by atoms with Crippen molar-refractivity contribution in [1.82, 2.24) is 9.80 Å². The molecule has 1 unspecified atom stereocenters. The van der Waals surface area contributed by atoms with E-state index in [1.807, 2.05) is 4.90 Å². The normalized spacial score (nSPS) is 22.7. The molecule has 1 atom stereocenters. The Morgan fingerprint density at radius 2 is 1.62 bits per heavy atom. The summed E-state index contributed by atoms with van der Waals surface area (Å²) in [4.78, 5) is 27.7. The summed E-state index contributed by atoms with van der Waals surface area (Å²) in [5, 5.41) is 8.88. The van der Waals surface area contributed by atoms with Gasteiger partial charge in [-0.15, -0.1) is 0 Å². The molecule has 5 nitrogen and oxygen atoms in total. The molecule has 1 amide bonds. The van der Waals surface area contributed by atoms with E-state index in [1.54, 1.807) is 12.1 Å². The summed E-state index contributed by atoms with van der Waals surface area (Å²) in [5.74, 6) is -0.960. The van der Waals surface area contributed by atoms with Crippen LogP contribution >= 0.6 is 0 Å². The molecular formula is C16H20N2O3. The quantitative estimate of drug-likeness (QED) is 0.919. The topological polar surface area (TPSA) is 60.9 Å². The minimum absolute atomic E-state index is 0.00800. The lowest BCUT2D eigenvalue weighted by atomic mass is 10.1. The second-order valence-corrected chi connectivity index (χ2v) is 5.82. The van der Waals surface area contributed by atoms with Crippen molar-refractivity contribution in [3.63, 3.8) is 0 Å². The van der Waals surface area contributed by atoms with Crippen LogP contribution in [-0.4, -0.2) is 59.0 Å². The van der Waals surface area contributed by atoms with E-state index < -0.39 is 5.97 Å². The molecule has 112 valence electrons. The number of carbonyl (C=O) groups excluding carboxylic acids is 1. The summed E-state index contributed by atoms with van der Waals surface area (Å²) >= 11 is 0. The van der Waals surface area contributed by atoms with Crippen molar-refractivity contribution in [3.05, 3.63) is 35.4 Å². The predicted molar refractivity (Wildman–Crippen MR) is 78.5 cm³/mol. The zero-order valence-electron chi connectivity index (χ0n) is 12.0. The molecule has 2 aliphatic heterocycles. The molecule has 2 saturated heterocycles. The van der Waals surface area contributed by atoms with Gasteiger partial charge in [-0.25, -0.2) is 4.79 Å². The Kier molecular flexibility index (Phi) is 3.92. The lowest BCUT2D eigenvalue weighted by molar-refractivity contribution is 0.0695. The van der Waals surface area contributed by atoms with Crippen molar-refractivity contribution in [3.8, 4) is 0 Å². The maximum Gasteiger partial charge on any atom is 0.335 e. The van der Waals surface area contributed by atoms with Crippen LogP contribution in [0, 0.1) is 0 Å². The number of carboxylic acid groups (broad SMARTS) is 1. The number of carboxylic acids is 1. The van der Waals surface area contributed by atoms with Gasteiger partial charge in [0.05, 0.1) is 5.56 Å². The van der Waals surface area contributed by atoms with Gasteiger partial charge in [-0.05, 0) is 56.6 Å². The summed E-state index contributed by atoms with van der Waals surface area (Å²) < 4.78 is 0. The van der Waals surface area contributed by atoms with Crippen LogP contribution in [0.3, 0.4) is 0 Å². The number of likely N-dealkylation sites (tertiary alicyclic amines) is 2. The number of rotatable bonds is 3. The SMILES string of the molecule is O=C(O)c1ccc(C(=O)N2CCC(N3CCCC3)C2)cc1. The Balaban J connectivity index is 1.64. The zero-order chi connectivity index (χ0) is 14.8. The third-order valence-electron chi connectivity index (χ3n) is 4.49. The first kappa shape index (κ1) is 14.1. The van der Waals surface area contributed by atoms with Crippen LogP contribution in [0.4, 0.5) is 0 Å². The average molecular weight is 288 g/mol. The van der Waals surface area contributed by atoms with Crippen LogP contribution in [0.5, 0.6) is 0 Å². The number of aromatic carboxylic acids is 1. The molecule has 0 aromatic heterocycles. The first-order valence-corrected chi connectivity index (χ1v) is 7.52. The fourth-order valence-electron chi connectivity index (χ4n) is 3.27. The van der Waals surface area contributed by atoms with Gasteiger partial charge in [-0.2, -0.15) is 0 Å². The smallest absolute Gasteiger partial charge is 0.335 e. The van der Waals surface area contributed by atoms with Gasteiger partial charge in [0.25, 0.3) is 5.91 Å². The van der Waals surface area contributed by atoms with Crippen molar-refractivity contribution < 1.29 is 14.7 Å². The lowest BCUT2D eigenvalue weighted by Gasteiger charge is -2.23. The van der Waals surface area contributed by atoms with Gasteiger partial charge in [-0.1, -0.05) is 0 Å². The van der Waals surface area contributed by atoms with Gasteiger partial charge < -0.3 is 10.0 Å². The molecule has 0 radical (unpaired) electrons. The number of benzene rings is 1. The largest absolute Gasteiger partial charge is 0.478 e. The van der Waals surface area contributed by atoms with Crippen molar-refractivity contribution in [2.24, 2.45) is 0 Å². The second-order valence-electron chi connectivity index (χ2n) is 5.82. The van der Waals surface area contributed by atoms with Crippen molar-refractivity contribution in [2.75, 3.05) is 26.2 Å². The van der Waals surface area contributed by atoms with Gasteiger partial charge >= 0.3 is 5.97 Å². The van der Waals surface area contributed by atoms with E-state index >= 15 is 0 Å². The Morgan fingerprint density at radius 1 is 1.00 bits per heavy atom. The number of hydrogen-bond donors (Lipinski definition) is 1. The third-order valence-corrected chi connectivity index (χ3v) is 4.49. The number of hydrogen-bond acceptors (Lipinski definition) is 3. The molecule has 2 heterocycles. The standard InChI is InChI=1S/C16H20N2O3/c19-15(12-3-5-13(6-4-12)16(20)21)18-10-7-14(11-18)17-8-1-2-9-17/h3-6,14H,1-2,7-11H2,(H,20,21). The Hall–Kier alpha value is -1.88. The highest BCUT2D eigenvalue weighted by Crippen LogP contribution is 2.22. The molecule has 1 aromatic carbocycles. The van der Waals surface area contributed by atoms with E-state index in [9.17, 15) is 9.59 Å². The van der Waals surface area contributed by atoms with Gasteiger partial charge in [-0.3, -0.25) is 9.69 Å². The average Bonchev–Trinajstić information content (AvgIpc) is 3.17. The number of amides is 1. The highest BCUT2D eigenvalue weighted by molar-refractivity contribution is 5.96. The monoisotopic (exact) mass is 288 g/mol. The number of carbonyl (C=O) groups is 2. The molecule has 1 N–H and O–H groups in total. The summed E-state index contributed by atoms with van der Waals surface area (Å²) in [5.41, 5.74) is 0.782. The highest BCUT2D eigenvalue weighted by Gasteiger charge is 2.31. The molecule has 0 aliphatic carbocycles. The molecule has 3 rings (SSSR count). The van der Waals surface area contributed by atoms with Crippen LogP contribution < -0.4 is 0 Å². The fourth-order valence-corrected chi connectivity index (χ4v) is 3.27. The Bertz CT molecular complexity index is 535. The van der Waals surface area contributed by atoms with Crippen LogP contribution in [-0.2, 0) is 0 Å². The van der Waals surface area contributed by atoms with Crippen LogP contribution in [0.2, 0.25) is 0 Å². The lowest BCUT2D eigenvalue weighted by Crippen LogP contribution is -2.37. The van der Waals surface area contributed by atoms with E-state index in [2.05, 4.69) is 4.90 Å². The summed E-state index contributed by atoms with van der Waals surface area (Å²) in [6.45, 7) is 3.89. The minimum Gasteiger partial charge on any atom is -0.478 e. The van der Waals surface area contributed by atoms with E-state index in [0.717, 1.165) is 32.6 Å². The van der Waals surface area contributed by atoms with E-state index in [1.165, 1.54) is 25.0 Å². The van der Waals surface area contributed by atoms with Crippen LogP contribution in [0.15, 0.2) is 24.3 Å². The predicted octanol–water partition coefficient (Wildman–Crippen LogP) is 1.70. The molecule has 1 aromatic rings. The molecule has 5 heteroatoms. The van der Waals surface area contributed by atoms with Gasteiger partial charge in [0.15, 0.2) is 0 Å². The van der Waals surface area contributed by atoms with Gasteiger partial charge in [0, 0.05) is 24.7 Å². The zero-order valence-corrected chi connectivity index (χ0v) is 12.0. The fraction of sp³-hybridized carbons (Fsp3) is 0.500. The molecule has 21 heavy (non-hydrogen) atoms. The Labute approximate surface area is 124 Å². The van der Waals surface area contributed by atoms with E-state index in [4.69, 9.17) is 5.11 Å². The van der Waals surface area contributed by atoms with Crippen LogP contribution in [0.25, 0.3) is 0 Å². The maximum atomic E-state index is 12.4. The summed E-state index contributed by atoms with van der Waals surface area (Å²) in [6, 6.07) is 6.69. The second kappa shape index (κ2) is 5.85. The molecular weight excluding hydrogens is 268 g/mol. The first-order valence-electron chi connectivity index (χ1n) is 7.52. The molecule has 0 bridgehead atoms. The van der Waals surface area contributed by atoms with Gasteiger partial charge in [0.1, 0.15) is 0 Å².